The van der Waals surface area contributed by atoms with Gasteiger partial charge in [0.05, 0.1) is 28.5 Å². The molecule has 1 aromatic heterocycles. The molecule has 3 aromatic rings. The lowest BCUT2D eigenvalue weighted by atomic mass is 10.1. The van der Waals surface area contributed by atoms with Gasteiger partial charge in [-0.2, -0.15) is 0 Å². The van der Waals surface area contributed by atoms with Crippen LogP contribution in [0.15, 0.2) is 53.8 Å². The molecule has 2 aromatic carbocycles. The largest absolute Gasteiger partial charge is 0.486 e. The molecule has 1 N–H and O–H groups in total. The third-order valence-electron chi connectivity index (χ3n) is 5.64. The van der Waals surface area contributed by atoms with Crippen molar-refractivity contribution in [2.75, 3.05) is 30.0 Å². The molecule has 2 aliphatic rings. The van der Waals surface area contributed by atoms with Gasteiger partial charge in [0, 0.05) is 12.1 Å². The summed E-state index contributed by atoms with van der Waals surface area (Å²) in [7, 11) is 0. The Bertz CT molecular complexity index is 1220. The van der Waals surface area contributed by atoms with Gasteiger partial charge in [-0.25, -0.2) is 4.98 Å². The normalized spacial score (nSPS) is 15.6. The second-order valence-electron chi connectivity index (χ2n) is 7.78. The number of carbonyl (C=O) groups is 2. The molecule has 3 heterocycles. The van der Waals surface area contributed by atoms with Crippen molar-refractivity contribution in [1.29, 1.82) is 0 Å². The summed E-state index contributed by atoms with van der Waals surface area (Å²) >= 11 is 1.39. The molecule has 0 unspecified atom stereocenters. The quantitative estimate of drug-likeness (QED) is 0.578. The molecule has 0 saturated carbocycles. The number of rotatable bonds is 5. The van der Waals surface area contributed by atoms with Gasteiger partial charge in [-0.1, -0.05) is 23.9 Å². The molecule has 0 spiro atoms. The lowest BCUT2D eigenvalue weighted by Crippen LogP contribution is -2.45. The first-order valence-corrected chi connectivity index (χ1v) is 11.8. The molecule has 1 atom stereocenters. The molecule has 0 saturated heterocycles. The first-order chi connectivity index (χ1) is 16.0. The molecule has 2 aliphatic heterocycles. The van der Waals surface area contributed by atoms with Crippen molar-refractivity contribution in [3.05, 3.63) is 48.7 Å². The van der Waals surface area contributed by atoms with Gasteiger partial charge in [0.25, 0.3) is 0 Å². The second kappa shape index (κ2) is 8.82. The number of aromatic nitrogens is 2. The number of anilines is 2. The number of imidazole rings is 1. The minimum Gasteiger partial charge on any atom is -0.486 e. The third kappa shape index (κ3) is 4.04. The molecule has 9 heteroatoms. The molecule has 0 fully saturated rings. The Morgan fingerprint density at radius 3 is 2.79 bits per heavy atom. The van der Waals surface area contributed by atoms with Gasteiger partial charge < -0.3 is 19.4 Å². The van der Waals surface area contributed by atoms with E-state index >= 15 is 0 Å². The van der Waals surface area contributed by atoms with Crippen molar-refractivity contribution >= 4 is 35.0 Å². The van der Waals surface area contributed by atoms with E-state index in [1.165, 1.54) is 11.8 Å². The summed E-state index contributed by atoms with van der Waals surface area (Å²) in [4.78, 5) is 31.6. The van der Waals surface area contributed by atoms with Crippen molar-refractivity contribution in [3.8, 4) is 22.8 Å². The summed E-state index contributed by atoms with van der Waals surface area (Å²) in [6, 6.07) is 13.2. The van der Waals surface area contributed by atoms with Gasteiger partial charge in [0.1, 0.15) is 19.8 Å². The van der Waals surface area contributed by atoms with Crippen LogP contribution < -0.4 is 19.7 Å². The first kappa shape index (κ1) is 21.4. The van der Waals surface area contributed by atoms with E-state index in [0.29, 0.717) is 31.1 Å². The number of benzene rings is 2. The maximum Gasteiger partial charge on any atom is 0.244 e. The standard InChI is InChI=1S/C24H24N4O4S/c1-3-27-19(16-8-9-20-21(12-16)32-11-10-31-20)13-25-24(27)33-15(2)23(30)28-14-22(29)26-17-6-4-5-7-18(17)28/h4-9,12-13,15H,3,10-11,14H2,1-2H3,(H,26,29)/t15-/m0/s1. The first-order valence-electron chi connectivity index (χ1n) is 10.9. The van der Waals surface area contributed by atoms with Crippen LogP contribution in [0.2, 0.25) is 0 Å². The summed E-state index contributed by atoms with van der Waals surface area (Å²) < 4.78 is 13.4. The summed E-state index contributed by atoms with van der Waals surface area (Å²) in [5.74, 6) is 1.14. The van der Waals surface area contributed by atoms with Crippen molar-refractivity contribution in [2.45, 2.75) is 30.8 Å². The maximum absolute atomic E-state index is 13.3. The Hall–Kier alpha value is -3.46. The van der Waals surface area contributed by atoms with E-state index in [1.54, 1.807) is 11.0 Å². The number of hydrogen-bond donors (Lipinski definition) is 1. The van der Waals surface area contributed by atoms with Crippen LogP contribution in [0.3, 0.4) is 0 Å². The minimum atomic E-state index is -0.426. The predicted octanol–water partition coefficient (Wildman–Crippen LogP) is 3.81. The number of carbonyl (C=O) groups excluding carboxylic acids is 2. The highest BCUT2D eigenvalue weighted by molar-refractivity contribution is 8.00. The van der Waals surface area contributed by atoms with E-state index in [0.717, 1.165) is 27.9 Å². The van der Waals surface area contributed by atoms with Crippen molar-refractivity contribution in [1.82, 2.24) is 9.55 Å². The fourth-order valence-corrected chi connectivity index (χ4v) is 5.06. The number of amides is 2. The van der Waals surface area contributed by atoms with Crippen LogP contribution in [-0.4, -0.2) is 46.4 Å². The van der Waals surface area contributed by atoms with Crippen LogP contribution >= 0.6 is 11.8 Å². The summed E-state index contributed by atoms with van der Waals surface area (Å²) in [5, 5.41) is 3.14. The van der Waals surface area contributed by atoms with Crippen LogP contribution in [0.1, 0.15) is 13.8 Å². The van der Waals surface area contributed by atoms with Crippen LogP contribution in [-0.2, 0) is 16.1 Å². The molecule has 0 bridgehead atoms. The van der Waals surface area contributed by atoms with Crippen molar-refractivity contribution in [2.24, 2.45) is 0 Å². The number of nitrogens with zero attached hydrogens (tertiary/aromatic N) is 3. The zero-order valence-electron chi connectivity index (χ0n) is 18.4. The molecule has 0 radical (unpaired) electrons. The van der Waals surface area contributed by atoms with Crippen molar-refractivity contribution in [3.63, 3.8) is 0 Å². The topological polar surface area (TPSA) is 85.7 Å². The monoisotopic (exact) mass is 464 g/mol. The number of nitrogens with one attached hydrogen (secondary N) is 1. The Balaban J connectivity index is 1.38. The van der Waals surface area contributed by atoms with Crippen LogP contribution in [0, 0.1) is 0 Å². The van der Waals surface area contributed by atoms with Crippen LogP contribution in [0.4, 0.5) is 11.4 Å². The van der Waals surface area contributed by atoms with Crippen LogP contribution in [0.25, 0.3) is 11.3 Å². The SMILES string of the molecule is CCn1c(-c2ccc3c(c2)OCCO3)cnc1S[C@@H](C)C(=O)N1CC(=O)Nc2ccccc21. The smallest absolute Gasteiger partial charge is 0.244 e. The zero-order valence-corrected chi connectivity index (χ0v) is 19.2. The average molecular weight is 465 g/mol. The zero-order chi connectivity index (χ0) is 22.9. The molecule has 33 heavy (non-hydrogen) atoms. The van der Waals surface area contributed by atoms with E-state index in [2.05, 4.69) is 14.9 Å². The minimum absolute atomic E-state index is 0.00537. The number of hydrogen-bond acceptors (Lipinski definition) is 6. The lowest BCUT2D eigenvalue weighted by molar-refractivity contribution is -0.121. The molecule has 5 rings (SSSR count). The van der Waals surface area contributed by atoms with E-state index in [4.69, 9.17) is 9.47 Å². The Labute approximate surface area is 195 Å². The van der Waals surface area contributed by atoms with Gasteiger partial charge in [-0.15, -0.1) is 0 Å². The van der Waals surface area contributed by atoms with E-state index in [-0.39, 0.29) is 18.4 Å². The number of thioether (sulfide) groups is 1. The van der Waals surface area contributed by atoms with Gasteiger partial charge in [-0.05, 0) is 44.2 Å². The molecule has 8 nitrogen and oxygen atoms in total. The molecular weight excluding hydrogens is 440 g/mol. The average Bonchev–Trinajstić information content (AvgIpc) is 3.25. The lowest BCUT2D eigenvalue weighted by Gasteiger charge is -2.30. The summed E-state index contributed by atoms with van der Waals surface area (Å²) in [6.45, 7) is 5.68. The highest BCUT2D eigenvalue weighted by atomic mass is 32.2. The Morgan fingerprint density at radius 1 is 1.18 bits per heavy atom. The second-order valence-corrected chi connectivity index (χ2v) is 9.09. The number of ether oxygens (including phenoxy) is 2. The predicted molar refractivity (Wildman–Crippen MR) is 127 cm³/mol. The highest BCUT2D eigenvalue weighted by Crippen LogP contribution is 2.37. The van der Waals surface area contributed by atoms with Crippen molar-refractivity contribution < 1.29 is 19.1 Å². The fourth-order valence-electron chi connectivity index (χ4n) is 4.05. The Morgan fingerprint density at radius 2 is 1.97 bits per heavy atom. The number of fused-ring (bicyclic) bond motifs is 2. The summed E-state index contributed by atoms with van der Waals surface area (Å²) in [6.07, 6.45) is 1.82. The van der Waals surface area contributed by atoms with Crippen LogP contribution in [0.5, 0.6) is 11.5 Å². The highest BCUT2D eigenvalue weighted by Gasteiger charge is 2.31. The molecule has 2 amide bonds. The van der Waals surface area contributed by atoms with Gasteiger partial charge >= 0.3 is 0 Å². The maximum atomic E-state index is 13.3. The van der Waals surface area contributed by atoms with Gasteiger partial charge in [-0.3, -0.25) is 14.5 Å². The van der Waals surface area contributed by atoms with Gasteiger partial charge in [0.15, 0.2) is 16.7 Å². The third-order valence-corrected chi connectivity index (χ3v) is 6.73. The number of para-hydroxylation sites is 2. The summed E-state index contributed by atoms with van der Waals surface area (Å²) in [5.41, 5.74) is 3.28. The fraction of sp³-hybridized carbons (Fsp3) is 0.292. The Kier molecular flexibility index (Phi) is 5.72. The van der Waals surface area contributed by atoms with E-state index in [1.807, 2.05) is 56.4 Å². The van der Waals surface area contributed by atoms with E-state index < -0.39 is 5.25 Å². The molecule has 170 valence electrons. The molecular formula is C24H24N4O4S. The van der Waals surface area contributed by atoms with Gasteiger partial charge in [0.2, 0.25) is 11.8 Å². The molecule has 0 aliphatic carbocycles. The van der Waals surface area contributed by atoms with E-state index in [9.17, 15) is 9.59 Å².